The number of carbonyl (C=O) groups is 2. The summed E-state index contributed by atoms with van der Waals surface area (Å²) in [4.78, 5) is 30.0. The Labute approximate surface area is 206 Å². The lowest BCUT2D eigenvalue weighted by atomic mass is 10.0. The van der Waals surface area contributed by atoms with Crippen LogP contribution in [0.4, 0.5) is 16.2 Å². The number of hydrogen-bond acceptors (Lipinski definition) is 4. The minimum atomic E-state index is -0.228. The van der Waals surface area contributed by atoms with Gasteiger partial charge >= 0.3 is 6.03 Å². The molecule has 4 rings (SSSR count). The summed E-state index contributed by atoms with van der Waals surface area (Å²) in [6.45, 7) is 5.39. The van der Waals surface area contributed by atoms with Gasteiger partial charge in [-0.2, -0.15) is 0 Å². The summed E-state index contributed by atoms with van der Waals surface area (Å²) in [5.41, 5.74) is 2.34. The Bertz CT molecular complexity index is 971. The molecule has 182 valence electrons. The van der Waals surface area contributed by atoms with Crippen molar-refractivity contribution < 1.29 is 9.59 Å². The van der Waals surface area contributed by atoms with Gasteiger partial charge in [-0.3, -0.25) is 4.79 Å². The summed E-state index contributed by atoms with van der Waals surface area (Å²) in [7, 11) is 0. The number of hydrogen-bond donors (Lipinski definition) is 3. The molecule has 0 aromatic heterocycles. The first-order valence-corrected chi connectivity index (χ1v) is 12.6. The highest BCUT2D eigenvalue weighted by Gasteiger charge is 2.24. The first-order valence-electron chi connectivity index (χ1n) is 12.3. The van der Waals surface area contributed by atoms with E-state index in [9.17, 15) is 9.59 Å². The molecule has 0 radical (unpaired) electrons. The lowest BCUT2D eigenvalue weighted by molar-refractivity contribution is 0.0947. The van der Waals surface area contributed by atoms with Crippen LogP contribution in [0.1, 0.15) is 42.5 Å². The topological polar surface area (TPSA) is 76.7 Å². The quantitative estimate of drug-likeness (QED) is 0.547. The van der Waals surface area contributed by atoms with Crippen molar-refractivity contribution in [1.29, 1.82) is 0 Å². The van der Waals surface area contributed by atoms with Gasteiger partial charge in [-0.15, -0.1) is 0 Å². The maximum Gasteiger partial charge on any atom is 0.319 e. The van der Waals surface area contributed by atoms with E-state index < -0.39 is 0 Å². The highest BCUT2D eigenvalue weighted by atomic mass is 35.5. The Morgan fingerprint density at radius 2 is 1.71 bits per heavy atom. The van der Waals surface area contributed by atoms with Crippen LogP contribution in [0, 0.1) is 0 Å². The summed E-state index contributed by atoms with van der Waals surface area (Å²) >= 11 is 5.99. The summed E-state index contributed by atoms with van der Waals surface area (Å²) in [6, 6.07) is 14.8. The van der Waals surface area contributed by atoms with E-state index in [1.165, 1.54) is 19.3 Å². The highest BCUT2D eigenvalue weighted by molar-refractivity contribution is 6.30. The van der Waals surface area contributed by atoms with Gasteiger partial charge in [0.1, 0.15) is 0 Å². The molecule has 0 bridgehead atoms. The van der Waals surface area contributed by atoms with Crippen molar-refractivity contribution in [2.45, 2.75) is 38.1 Å². The van der Waals surface area contributed by atoms with Crippen molar-refractivity contribution in [2.24, 2.45) is 0 Å². The third-order valence-electron chi connectivity index (χ3n) is 6.56. The molecule has 2 saturated heterocycles. The lowest BCUT2D eigenvalue weighted by Gasteiger charge is -2.35. The maximum absolute atomic E-state index is 12.9. The van der Waals surface area contributed by atoms with E-state index in [-0.39, 0.29) is 18.0 Å². The first-order chi connectivity index (χ1) is 16.6. The monoisotopic (exact) mass is 483 g/mol. The zero-order valence-corrected chi connectivity index (χ0v) is 20.3. The summed E-state index contributed by atoms with van der Waals surface area (Å²) in [5, 5.41) is 9.58. The van der Waals surface area contributed by atoms with Crippen molar-refractivity contribution in [3.05, 3.63) is 59.1 Å². The summed E-state index contributed by atoms with van der Waals surface area (Å²) < 4.78 is 0. The molecule has 8 heteroatoms. The zero-order chi connectivity index (χ0) is 23.8. The zero-order valence-electron chi connectivity index (χ0n) is 19.6. The van der Waals surface area contributed by atoms with Crippen LogP contribution in [0.2, 0.25) is 5.02 Å². The summed E-state index contributed by atoms with van der Waals surface area (Å²) in [6.07, 6.45) is 5.45. The molecule has 2 fully saturated rings. The molecule has 34 heavy (non-hydrogen) atoms. The molecule has 0 atom stereocenters. The number of benzene rings is 2. The van der Waals surface area contributed by atoms with Gasteiger partial charge in [0.05, 0.1) is 5.56 Å². The molecule has 3 N–H and O–H groups in total. The van der Waals surface area contributed by atoms with E-state index in [2.05, 4.69) is 25.8 Å². The van der Waals surface area contributed by atoms with E-state index >= 15 is 0 Å². The molecule has 0 aliphatic carbocycles. The molecule has 7 nitrogen and oxygen atoms in total. The number of para-hydroxylation sites is 1. The standard InChI is InChI=1S/C26H34ClN5O2/c27-20-7-6-8-22(19-20)30-26(34)29-21-11-16-32(17-12-21)24-10-3-2-9-23(24)25(33)28-13-18-31-14-4-1-5-15-31/h2-3,6-10,19,21H,1,4-5,11-18H2,(H,28,33)(H2,29,30,34). The van der Waals surface area contributed by atoms with Crippen molar-refractivity contribution in [3.63, 3.8) is 0 Å². The normalized spacial score (nSPS) is 17.3. The molecular formula is C26H34ClN5O2. The van der Waals surface area contributed by atoms with Gasteiger partial charge in [0.15, 0.2) is 0 Å². The van der Waals surface area contributed by atoms with Crippen LogP contribution in [0.15, 0.2) is 48.5 Å². The van der Waals surface area contributed by atoms with Crippen molar-refractivity contribution in [1.82, 2.24) is 15.5 Å². The SMILES string of the molecule is O=C(Nc1cccc(Cl)c1)NC1CCN(c2ccccc2C(=O)NCCN2CCCCC2)CC1. The van der Waals surface area contributed by atoms with Crippen molar-refractivity contribution in [2.75, 3.05) is 49.5 Å². The fourth-order valence-corrected chi connectivity index (χ4v) is 4.92. The molecule has 2 heterocycles. The number of likely N-dealkylation sites (tertiary alicyclic amines) is 1. The number of nitrogens with zero attached hydrogens (tertiary/aromatic N) is 2. The average molecular weight is 484 g/mol. The van der Waals surface area contributed by atoms with Crippen LogP contribution in [0.5, 0.6) is 0 Å². The highest BCUT2D eigenvalue weighted by Crippen LogP contribution is 2.24. The minimum Gasteiger partial charge on any atom is -0.371 e. The Morgan fingerprint density at radius 1 is 0.941 bits per heavy atom. The van der Waals surface area contributed by atoms with Crippen LogP contribution in [0.3, 0.4) is 0 Å². The van der Waals surface area contributed by atoms with Gasteiger partial charge in [0, 0.05) is 48.6 Å². The summed E-state index contributed by atoms with van der Waals surface area (Å²) in [5.74, 6) is -0.0197. The molecule has 3 amide bonds. The van der Waals surface area contributed by atoms with Crippen molar-refractivity contribution in [3.8, 4) is 0 Å². The van der Waals surface area contributed by atoms with Crippen LogP contribution in [0.25, 0.3) is 0 Å². The number of halogens is 1. The van der Waals surface area contributed by atoms with E-state index in [0.717, 1.165) is 51.3 Å². The molecule has 0 unspecified atom stereocenters. The van der Waals surface area contributed by atoms with E-state index in [0.29, 0.717) is 22.8 Å². The van der Waals surface area contributed by atoms with E-state index in [4.69, 9.17) is 11.6 Å². The first kappa shape index (κ1) is 24.4. The Kier molecular flexibility index (Phi) is 8.66. The Balaban J connectivity index is 1.26. The van der Waals surface area contributed by atoms with E-state index in [1.54, 1.807) is 18.2 Å². The number of amides is 3. The predicted octanol–water partition coefficient (Wildman–Crippen LogP) is 4.35. The van der Waals surface area contributed by atoms with Crippen LogP contribution in [-0.2, 0) is 0 Å². The van der Waals surface area contributed by atoms with Gasteiger partial charge < -0.3 is 25.8 Å². The van der Waals surface area contributed by atoms with Gasteiger partial charge in [0.25, 0.3) is 5.91 Å². The van der Waals surface area contributed by atoms with Crippen molar-refractivity contribution >= 4 is 34.9 Å². The second-order valence-electron chi connectivity index (χ2n) is 9.05. The molecule has 2 aliphatic rings. The van der Waals surface area contributed by atoms with Crippen LogP contribution < -0.4 is 20.9 Å². The Hall–Kier alpha value is -2.77. The third-order valence-corrected chi connectivity index (χ3v) is 6.80. The molecule has 2 aromatic carbocycles. The lowest BCUT2D eigenvalue weighted by Crippen LogP contribution is -2.46. The maximum atomic E-state index is 12.9. The average Bonchev–Trinajstić information content (AvgIpc) is 2.85. The predicted molar refractivity (Wildman–Crippen MR) is 138 cm³/mol. The third kappa shape index (κ3) is 6.87. The number of piperidine rings is 2. The van der Waals surface area contributed by atoms with Gasteiger partial charge in [-0.25, -0.2) is 4.79 Å². The number of urea groups is 1. The Morgan fingerprint density at radius 3 is 2.47 bits per heavy atom. The number of carbonyl (C=O) groups excluding carboxylic acids is 2. The number of nitrogens with one attached hydrogen (secondary N) is 3. The number of rotatable bonds is 7. The fourth-order valence-electron chi connectivity index (χ4n) is 4.73. The van der Waals surface area contributed by atoms with Gasteiger partial charge in [0.2, 0.25) is 0 Å². The molecule has 2 aromatic rings. The van der Waals surface area contributed by atoms with Gasteiger partial charge in [-0.05, 0) is 69.1 Å². The minimum absolute atomic E-state index is 0.0197. The largest absolute Gasteiger partial charge is 0.371 e. The van der Waals surface area contributed by atoms with E-state index in [1.807, 2.05) is 30.3 Å². The van der Waals surface area contributed by atoms with Crippen LogP contribution in [-0.4, -0.2) is 62.1 Å². The second-order valence-corrected chi connectivity index (χ2v) is 9.48. The second kappa shape index (κ2) is 12.1. The molecule has 2 aliphatic heterocycles. The molecule has 0 spiro atoms. The van der Waals surface area contributed by atoms with Gasteiger partial charge in [-0.1, -0.05) is 36.2 Å². The molecule has 0 saturated carbocycles. The smallest absolute Gasteiger partial charge is 0.319 e. The number of anilines is 2. The molecular weight excluding hydrogens is 450 g/mol. The van der Waals surface area contributed by atoms with Crippen LogP contribution >= 0.6 is 11.6 Å². The fraction of sp³-hybridized carbons (Fsp3) is 0.462.